The van der Waals surface area contributed by atoms with Gasteiger partial charge in [0.05, 0.1) is 15.8 Å². The van der Waals surface area contributed by atoms with E-state index in [-0.39, 0.29) is 28.3 Å². The van der Waals surface area contributed by atoms with Crippen LogP contribution >= 0.6 is 35.0 Å². The van der Waals surface area contributed by atoms with Crippen LogP contribution in [0.5, 0.6) is 0 Å². The van der Waals surface area contributed by atoms with Crippen molar-refractivity contribution in [1.29, 1.82) is 0 Å². The summed E-state index contributed by atoms with van der Waals surface area (Å²) in [5.41, 5.74) is 5.89. The molecule has 0 aliphatic heterocycles. The number of benzene rings is 2. The van der Waals surface area contributed by atoms with E-state index in [0.29, 0.717) is 21.3 Å². The first-order valence-electron chi connectivity index (χ1n) is 8.47. The molecule has 1 heterocycles. The number of nitrogens with two attached hydrogens (primary N) is 1. The summed E-state index contributed by atoms with van der Waals surface area (Å²) in [7, 11) is 0. The number of amides is 2. The number of carbonyl (C=O) groups excluding carboxylic acids is 2. The minimum absolute atomic E-state index is 0.0433. The van der Waals surface area contributed by atoms with Gasteiger partial charge in [-0.3, -0.25) is 19.4 Å². The molecule has 154 valence electrons. The average Bonchev–Trinajstić information content (AvgIpc) is 2.72. The van der Waals surface area contributed by atoms with Crippen molar-refractivity contribution in [2.45, 2.75) is 5.16 Å². The normalized spacial score (nSPS) is 10.5. The number of nitrogens with zero attached hydrogens (tertiary/aromatic N) is 1. The summed E-state index contributed by atoms with van der Waals surface area (Å²) in [4.78, 5) is 43.2. The number of nitrogen functional groups attached to an aromatic ring is 1. The number of rotatable bonds is 6. The number of hydrogen-bond acceptors (Lipinski definition) is 6. The average molecular weight is 464 g/mol. The molecule has 0 atom stereocenters. The lowest BCUT2D eigenvalue weighted by atomic mass is 10.2. The van der Waals surface area contributed by atoms with Crippen molar-refractivity contribution in [3.63, 3.8) is 0 Å². The predicted molar refractivity (Wildman–Crippen MR) is 119 cm³/mol. The molecule has 11 heteroatoms. The van der Waals surface area contributed by atoms with Gasteiger partial charge in [0.15, 0.2) is 11.0 Å². The lowest BCUT2D eigenvalue weighted by Gasteiger charge is -2.09. The van der Waals surface area contributed by atoms with Crippen LogP contribution in [0.25, 0.3) is 0 Å². The molecule has 3 aromatic rings. The molecule has 3 rings (SSSR count). The Bertz CT molecular complexity index is 1150. The molecule has 30 heavy (non-hydrogen) atoms. The molecule has 5 N–H and O–H groups in total. The minimum atomic E-state index is -0.626. The minimum Gasteiger partial charge on any atom is -0.382 e. The van der Waals surface area contributed by atoms with Gasteiger partial charge in [-0.1, -0.05) is 53.2 Å². The van der Waals surface area contributed by atoms with Gasteiger partial charge < -0.3 is 16.4 Å². The zero-order chi connectivity index (χ0) is 21.7. The van der Waals surface area contributed by atoms with Crippen LogP contribution in [0.15, 0.2) is 58.5 Å². The maximum atomic E-state index is 12.3. The van der Waals surface area contributed by atoms with Crippen molar-refractivity contribution in [2.75, 3.05) is 22.1 Å². The smallest absolute Gasteiger partial charge is 0.277 e. The van der Waals surface area contributed by atoms with Gasteiger partial charge in [-0.15, -0.1) is 0 Å². The van der Waals surface area contributed by atoms with Crippen LogP contribution in [0.4, 0.5) is 17.2 Å². The van der Waals surface area contributed by atoms with Gasteiger partial charge in [-0.25, -0.2) is 4.98 Å². The molecule has 0 spiro atoms. The largest absolute Gasteiger partial charge is 0.382 e. The molecule has 0 saturated heterocycles. The summed E-state index contributed by atoms with van der Waals surface area (Å²) in [6.07, 6.45) is 0. The van der Waals surface area contributed by atoms with Crippen LogP contribution in [-0.4, -0.2) is 27.5 Å². The molecule has 2 amide bonds. The molecule has 0 unspecified atom stereocenters. The number of hydrogen-bond donors (Lipinski definition) is 4. The van der Waals surface area contributed by atoms with E-state index in [1.807, 2.05) is 0 Å². The number of aromatic amines is 1. The molecular formula is C19H15Cl2N5O3S. The Morgan fingerprint density at radius 2 is 1.80 bits per heavy atom. The Labute approximate surface area is 185 Å². The topological polar surface area (TPSA) is 130 Å². The molecular weight excluding hydrogens is 449 g/mol. The molecule has 0 fully saturated rings. The number of anilines is 3. The van der Waals surface area contributed by atoms with E-state index in [4.69, 9.17) is 28.9 Å². The second-order valence-electron chi connectivity index (χ2n) is 5.92. The lowest BCUT2D eigenvalue weighted by Crippen LogP contribution is -2.23. The molecule has 1 aromatic heterocycles. The van der Waals surface area contributed by atoms with Crippen molar-refractivity contribution in [3.05, 3.63) is 74.5 Å². The lowest BCUT2D eigenvalue weighted by molar-refractivity contribution is -0.113. The highest BCUT2D eigenvalue weighted by Crippen LogP contribution is 2.25. The van der Waals surface area contributed by atoms with Crippen LogP contribution < -0.4 is 21.9 Å². The maximum Gasteiger partial charge on any atom is 0.277 e. The SMILES string of the molecule is Nc1nc(SCC(=O)Nc2ccc(Cl)c(Cl)c2)[nH]c(=O)c1NC(=O)c1ccccc1. The van der Waals surface area contributed by atoms with E-state index < -0.39 is 11.5 Å². The summed E-state index contributed by atoms with van der Waals surface area (Å²) in [5, 5.41) is 5.93. The van der Waals surface area contributed by atoms with Crippen molar-refractivity contribution in [1.82, 2.24) is 9.97 Å². The van der Waals surface area contributed by atoms with Gasteiger partial charge in [0.2, 0.25) is 5.91 Å². The summed E-state index contributed by atoms with van der Waals surface area (Å²) in [6.45, 7) is 0. The zero-order valence-corrected chi connectivity index (χ0v) is 17.6. The monoisotopic (exact) mass is 463 g/mol. The summed E-state index contributed by atoms with van der Waals surface area (Å²) in [5.74, 6) is -1.04. The van der Waals surface area contributed by atoms with Gasteiger partial charge in [0.1, 0.15) is 5.69 Å². The second-order valence-corrected chi connectivity index (χ2v) is 7.70. The fraction of sp³-hybridized carbons (Fsp3) is 0.0526. The fourth-order valence-corrected chi connectivity index (χ4v) is 3.30. The Morgan fingerprint density at radius 3 is 2.47 bits per heavy atom. The molecule has 0 bridgehead atoms. The molecule has 0 aliphatic carbocycles. The highest BCUT2D eigenvalue weighted by atomic mass is 35.5. The molecule has 0 aliphatic rings. The van der Waals surface area contributed by atoms with Gasteiger partial charge in [-0.2, -0.15) is 0 Å². The van der Waals surface area contributed by atoms with E-state index in [9.17, 15) is 14.4 Å². The Morgan fingerprint density at radius 1 is 1.07 bits per heavy atom. The third-order valence-electron chi connectivity index (χ3n) is 3.74. The van der Waals surface area contributed by atoms with Crippen LogP contribution in [0.2, 0.25) is 10.0 Å². The number of carbonyl (C=O) groups is 2. The van der Waals surface area contributed by atoms with Crippen molar-refractivity contribution >= 4 is 64.0 Å². The van der Waals surface area contributed by atoms with E-state index in [1.54, 1.807) is 42.5 Å². The number of aromatic nitrogens is 2. The van der Waals surface area contributed by atoms with E-state index >= 15 is 0 Å². The van der Waals surface area contributed by atoms with Gasteiger partial charge in [0.25, 0.3) is 11.5 Å². The summed E-state index contributed by atoms with van der Waals surface area (Å²) in [6, 6.07) is 13.1. The Hall–Kier alpha value is -3.01. The van der Waals surface area contributed by atoms with Crippen LogP contribution in [0.3, 0.4) is 0 Å². The van der Waals surface area contributed by atoms with Gasteiger partial charge >= 0.3 is 0 Å². The molecule has 0 saturated carbocycles. The van der Waals surface area contributed by atoms with Gasteiger partial charge in [-0.05, 0) is 30.3 Å². The predicted octanol–water partition coefficient (Wildman–Crippen LogP) is 3.64. The maximum absolute atomic E-state index is 12.3. The standard InChI is InChI=1S/C19H15Cl2N5O3S/c20-12-7-6-11(8-13(12)21)23-14(27)9-30-19-25-16(22)15(18(29)26-19)24-17(28)10-4-2-1-3-5-10/h1-8H,9H2,(H,23,27)(H,24,28)(H3,22,25,26,29). The first-order chi connectivity index (χ1) is 14.3. The third kappa shape index (κ3) is 5.53. The first kappa shape index (κ1) is 21.7. The first-order valence-corrected chi connectivity index (χ1v) is 10.2. The molecule has 0 radical (unpaired) electrons. The highest BCUT2D eigenvalue weighted by Gasteiger charge is 2.15. The third-order valence-corrected chi connectivity index (χ3v) is 5.36. The van der Waals surface area contributed by atoms with Crippen LogP contribution in [0.1, 0.15) is 10.4 Å². The molecule has 2 aromatic carbocycles. The number of thioether (sulfide) groups is 1. The quantitative estimate of drug-likeness (QED) is 0.326. The number of H-pyrrole nitrogens is 1. The zero-order valence-electron chi connectivity index (χ0n) is 15.2. The Balaban J connectivity index is 1.63. The van der Waals surface area contributed by atoms with Crippen LogP contribution in [0, 0.1) is 0 Å². The number of halogens is 2. The highest BCUT2D eigenvalue weighted by molar-refractivity contribution is 7.99. The van der Waals surface area contributed by atoms with Crippen molar-refractivity contribution < 1.29 is 9.59 Å². The van der Waals surface area contributed by atoms with Crippen molar-refractivity contribution in [2.24, 2.45) is 0 Å². The van der Waals surface area contributed by atoms with Gasteiger partial charge in [0, 0.05) is 11.3 Å². The van der Waals surface area contributed by atoms with E-state index in [0.717, 1.165) is 11.8 Å². The molecule has 8 nitrogen and oxygen atoms in total. The van der Waals surface area contributed by atoms with Crippen LogP contribution in [-0.2, 0) is 4.79 Å². The summed E-state index contributed by atoms with van der Waals surface area (Å²) < 4.78 is 0. The van der Waals surface area contributed by atoms with E-state index in [2.05, 4.69) is 20.6 Å². The number of nitrogens with one attached hydrogen (secondary N) is 3. The second kappa shape index (κ2) is 9.66. The Kier molecular flexibility index (Phi) is 6.99. The fourth-order valence-electron chi connectivity index (χ4n) is 2.34. The summed E-state index contributed by atoms with van der Waals surface area (Å²) >= 11 is 12.7. The van der Waals surface area contributed by atoms with Crippen molar-refractivity contribution in [3.8, 4) is 0 Å². The van der Waals surface area contributed by atoms with E-state index in [1.165, 1.54) is 6.07 Å².